The summed E-state index contributed by atoms with van der Waals surface area (Å²) in [6.07, 6.45) is 1.24. The molecule has 0 aliphatic heterocycles. The molecule has 0 aliphatic carbocycles. The lowest BCUT2D eigenvalue weighted by Gasteiger charge is -2.07. The summed E-state index contributed by atoms with van der Waals surface area (Å²) in [6.45, 7) is 2.30. The van der Waals surface area contributed by atoms with Gasteiger partial charge in [0.15, 0.2) is 0 Å². The van der Waals surface area contributed by atoms with Crippen LogP contribution in [-0.2, 0) is 0 Å². The Morgan fingerprint density at radius 1 is 1.30 bits per heavy atom. The Labute approximate surface area is 64.0 Å². The van der Waals surface area contributed by atoms with Crippen molar-refractivity contribution in [1.29, 1.82) is 0 Å². The van der Waals surface area contributed by atoms with Crippen LogP contribution in [0.25, 0.3) is 0 Å². The van der Waals surface area contributed by atoms with E-state index in [1.165, 1.54) is 13.0 Å². The molecule has 0 aliphatic rings. The van der Waals surface area contributed by atoms with E-state index >= 15 is 0 Å². The first-order valence-corrected chi connectivity index (χ1v) is 3.51. The third-order valence-electron chi connectivity index (χ3n) is 1.03. The lowest BCUT2D eigenvalue weighted by atomic mass is 10.4. The highest BCUT2D eigenvalue weighted by molar-refractivity contribution is 4.44. The number of rotatable bonds is 4. The fourth-order valence-corrected chi connectivity index (χ4v) is 0.572. The van der Waals surface area contributed by atoms with E-state index in [1.54, 1.807) is 0 Å². The molecule has 0 amide bonds. The van der Waals surface area contributed by atoms with Crippen LogP contribution in [0.5, 0.6) is 0 Å². The molecule has 0 fully saturated rings. The van der Waals surface area contributed by atoms with E-state index in [0.717, 1.165) is 13.7 Å². The van der Waals surface area contributed by atoms with Crippen LogP contribution in [0.2, 0.25) is 0 Å². The van der Waals surface area contributed by atoms with Crippen LogP contribution in [0.3, 0.4) is 0 Å². The van der Waals surface area contributed by atoms with Crippen LogP contribution >= 0.6 is 0 Å². The summed E-state index contributed by atoms with van der Waals surface area (Å²) in [5.41, 5.74) is 0. The average Bonchev–Trinajstić information content (AvgIpc) is 1.92. The Kier molecular flexibility index (Phi) is 14.6. The normalized spacial score (nSPS) is 9.00. The first-order valence-electron chi connectivity index (χ1n) is 3.51. The van der Waals surface area contributed by atoms with Crippen molar-refractivity contribution >= 4 is 0 Å². The molecule has 3 nitrogen and oxygen atoms in total. The van der Waals surface area contributed by atoms with Gasteiger partial charge < -0.3 is 15.3 Å². The van der Waals surface area contributed by atoms with E-state index in [2.05, 4.69) is 24.3 Å². The van der Waals surface area contributed by atoms with Gasteiger partial charge in [0, 0.05) is 7.11 Å². The molecule has 0 aromatic carbocycles. The average molecular weight is 148 g/mol. The maximum Gasteiger partial charge on any atom is 0.0319 e. The molecule has 0 saturated heterocycles. The third-order valence-corrected chi connectivity index (χ3v) is 1.03. The summed E-state index contributed by atoms with van der Waals surface area (Å²) in [5, 5.41) is 10.1. The molecular weight excluding hydrogens is 128 g/mol. The first kappa shape index (κ1) is 12.5. The number of aliphatic hydroxyl groups excluding tert-OH is 1. The van der Waals surface area contributed by atoms with Crippen molar-refractivity contribution in [2.75, 3.05) is 41.3 Å². The van der Waals surface area contributed by atoms with Gasteiger partial charge in [-0.05, 0) is 40.7 Å². The second-order valence-corrected chi connectivity index (χ2v) is 2.26. The molecule has 64 valence electrons. The highest BCUT2D eigenvalue weighted by Gasteiger charge is 1.85. The third kappa shape index (κ3) is 15.7. The lowest BCUT2D eigenvalue weighted by Crippen LogP contribution is -2.18. The second kappa shape index (κ2) is 11.6. The summed E-state index contributed by atoms with van der Waals surface area (Å²) in [5.74, 6) is 0. The van der Waals surface area contributed by atoms with E-state index in [1.807, 2.05) is 7.05 Å². The van der Waals surface area contributed by atoms with Gasteiger partial charge in [-0.2, -0.15) is 0 Å². The van der Waals surface area contributed by atoms with E-state index < -0.39 is 0 Å². The SMILES string of the molecule is CNCCCN(C)C.CO. The molecule has 2 N–H and O–H groups in total. The molecule has 0 aromatic rings. The van der Waals surface area contributed by atoms with Crippen molar-refractivity contribution in [3.63, 3.8) is 0 Å². The van der Waals surface area contributed by atoms with Crippen molar-refractivity contribution in [3.05, 3.63) is 0 Å². The molecule has 0 unspecified atom stereocenters. The molecule has 0 spiro atoms. The topological polar surface area (TPSA) is 35.5 Å². The van der Waals surface area contributed by atoms with Crippen LogP contribution < -0.4 is 5.32 Å². The lowest BCUT2D eigenvalue weighted by molar-refractivity contribution is 0.397. The monoisotopic (exact) mass is 148 g/mol. The maximum absolute atomic E-state index is 7.00. The quantitative estimate of drug-likeness (QED) is 0.540. The largest absolute Gasteiger partial charge is 0.400 e. The van der Waals surface area contributed by atoms with Crippen LogP contribution in [0.1, 0.15) is 6.42 Å². The zero-order valence-electron chi connectivity index (χ0n) is 7.52. The second-order valence-electron chi connectivity index (χ2n) is 2.26. The number of nitrogens with one attached hydrogen (secondary N) is 1. The highest BCUT2D eigenvalue weighted by Crippen LogP contribution is 1.78. The molecule has 0 heterocycles. The van der Waals surface area contributed by atoms with Crippen LogP contribution in [0.15, 0.2) is 0 Å². The zero-order chi connectivity index (χ0) is 8.41. The molecule has 0 rings (SSSR count). The molecule has 0 aromatic heterocycles. The summed E-state index contributed by atoms with van der Waals surface area (Å²) < 4.78 is 0. The van der Waals surface area contributed by atoms with Crippen molar-refractivity contribution in [3.8, 4) is 0 Å². The van der Waals surface area contributed by atoms with Gasteiger partial charge in [0.05, 0.1) is 0 Å². The van der Waals surface area contributed by atoms with Gasteiger partial charge in [-0.3, -0.25) is 0 Å². The summed E-state index contributed by atoms with van der Waals surface area (Å²) in [7, 11) is 7.17. The molecule has 0 radical (unpaired) electrons. The maximum atomic E-state index is 7.00. The van der Waals surface area contributed by atoms with Crippen molar-refractivity contribution in [2.24, 2.45) is 0 Å². The Balaban J connectivity index is 0. The first-order chi connectivity index (χ1) is 4.77. The van der Waals surface area contributed by atoms with Crippen LogP contribution in [-0.4, -0.2) is 51.3 Å². The van der Waals surface area contributed by atoms with Gasteiger partial charge in [-0.15, -0.1) is 0 Å². The number of nitrogens with zero attached hydrogens (tertiary/aromatic N) is 1. The predicted molar refractivity (Wildman–Crippen MR) is 45.2 cm³/mol. The van der Waals surface area contributed by atoms with Crippen molar-refractivity contribution in [1.82, 2.24) is 10.2 Å². The number of hydrogen-bond acceptors (Lipinski definition) is 3. The minimum absolute atomic E-state index is 1.00. The minimum atomic E-state index is 1.00. The van der Waals surface area contributed by atoms with Gasteiger partial charge >= 0.3 is 0 Å². The predicted octanol–water partition coefficient (Wildman–Crippen LogP) is -0.234. The Morgan fingerprint density at radius 2 is 1.80 bits per heavy atom. The summed E-state index contributed by atoms with van der Waals surface area (Å²) in [4.78, 5) is 2.19. The smallest absolute Gasteiger partial charge is 0.0319 e. The number of aliphatic hydroxyl groups is 1. The molecule has 0 saturated carbocycles. The minimum Gasteiger partial charge on any atom is -0.400 e. The van der Waals surface area contributed by atoms with Crippen LogP contribution in [0, 0.1) is 0 Å². The summed E-state index contributed by atoms with van der Waals surface area (Å²) >= 11 is 0. The van der Waals surface area contributed by atoms with Crippen molar-refractivity contribution in [2.45, 2.75) is 6.42 Å². The van der Waals surface area contributed by atoms with E-state index in [-0.39, 0.29) is 0 Å². The molecule has 0 bridgehead atoms. The Hall–Kier alpha value is -0.120. The standard InChI is InChI=1S/C6H16N2.CH4O/c1-7-5-4-6-8(2)3;1-2/h7H,4-6H2,1-3H3;2H,1H3. The van der Waals surface area contributed by atoms with Crippen LogP contribution in [0.4, 0.5) is 0 Å². The molecule has 0 atom stereocenters. The fraction of sp³-hybridized carbons (Fsp3) is 1.00. The van der Waals surface area contributed by atoms with Crippen molar-refractivity contribution < 1.29 is 5.11 Å². The molecule has 10 heavy (non-hydrogen) atoms. The van der Waals surface area contributed by atoms with Gasteiger partial charge in [0.25, 0.3) is 0 Å². The molecular formula is C7H20N2O. The number of hydrogen-bond donors (Lipinski definition) is 2. The molecule has 3 heteroatoms. The summed E-state index contributed by atoms with van der Waals surface area (Å²) in [6, 6.07) is 0. The van der Waals surface area contributed by atoms with E-state index in [0.29, 0.717) is 0 Å². The van der Waals surface area contributed by atoms with E-state index in [4.69, 9.17) is 5.11 Å². The zero-order valence-corrected chi connectivity index (χ0v) is 7.52. The Morgan fingerprint density at radius 3 is 2.10 bits per heavy atom. The highest BCUT2D eigenvalue weighted by atomic mass is 16.2. The fourth-order valence-electron chi connectivity index (χ4n) is 0.572. The Bertz CT molecular complexity index is 48.9. The van der Waals surface area contributed by atoms with Gasteiger partial charge in [-0.25, -0.2) is 0 Å². The van der Waals surface area contributed by atoms with E-state index in [9.17, 15) is 0 Å². The van der Waals surface area contributed by atoms with Gasteiger partial charge in [0.1, 0.15) is 0 Å². The van der Waals surface area contributed by atoms with Gasteiger partial charge in [-0.1, -0.05) is 0 Å². The van der Waals surface area contributed by atoms with Gasteiger partial charge in [0.2, 0.25) is 0 Å².